The molecule has 0 aliphatic heterocycles. The van der Waals surface area contributed by atoms with Gasteiger partial charge >= 0.3 is 0 Å². The highest BCUT2D eigenvalue weighted by atomic mass is 32.2. The van der Waals surface area contributed by atoms with Crippen molar-refractivity contribution >= 4 is 33.3 Å². The number of thioether (sulfide) groups is 1. The van der Waals surface area contributed by atoms with E-state index >= 15 is 0 Å². The van der Waals surface area contributed by atoms with Gasteiger partial charge in [-0.25, -0.2) is 4.98 Å². The van der Waals surface area contributed by atoms with E-state index in [0.717, 1.165) is 22.7 Å². The van der Waals surface area contributed by atoms with Gasteiger partial charge < -0.3 is 4.74 Å². The molecule has 6 heteroatoms. The molecule has 29 heavy (non-hydrogen) atoms. The Labute approximate surface area is 178 Å². The topological polar surface area (TPSA) is 44.1 Å². The smallest absolute Gasteiger partial charge is 0.276 e. The third-order valence-corrected chi connectivity index (χ3v) is 6.82. The lowest BCUT2D eigenvalue weighted by molar-refractivity contribution is 0.414. The van der Waals surface area contributed by atoms with Crippen molar-refractivity contribution in [2.75, 3.05) is 7.11 Å². The lowest BCUT2D eigenvalue weighted by atomic mass is 10.0. The van der Waals surface area contributed by atoms with Crippen LogP contribution in [0.15, 0.2) is 57.8 Å². The monoisotopic (exact) mass is 422 g/mol. The maximum atomic E-state index is 13.2. The molecule has 4 aromatic rings. The van der Waals surface area contributed by atoms with Gasteiger partial charge in [0.1, 0.15) is 10.4 Å². The first-order valence-electron chi connectivity index (χ1n) is 9.32. The number of nitrogens with zero attached hydrogens (tertiary/aromatic N) is 2. The SMILES string of the molecule is COc1ccc(-n2c(SCc3c(C)cc(C)cc3C)nc3ccsc3c2=O)cc1. The molecule has 0 bridgehead atoms. The maximum Gasteiger partial charge on any atom is 0.276 e. The van der Waals surface area contributed by atoms with Crippen LogP contribution in [0.25, 0.3) is 15.9 Å². The maximum absolute atomic E-state index is 13.2. The van der Waals surface area contributed by atoms with Gasteiger partial charge in [-0.15, -0.1) is 11.3 Å². The van der Waals surface area contributed by atoms with E-state index in [1.807, 2.05) is 35.7 Å². The number of thiophene rings is 1. The molecule has 0 spiro atoms. The van der Waals surface area contributed by atoms with Crippen molar-refractivity contribution in [3.8, 4) is 11.4 Å². The summed E-state index contributed by atoms with van der Waals surface area (Å²) in [4.78, 5) is 18.1. The summed E-state index contributed by atoms with van der Waals surface area (Å²) < 4.78 is 7.64. The summed E-state index contributed by atoms with van der Waals surface area (Å²) in [6.45, 7) is 6.40. The van der Waals surface area contributed by atoms with E-state index in [2.05, 4.69) is 32.9 Å². The van der Waals surface area contributed by atoms with E-state index in [9.17, 15) is 4.79 Å². The van der Waals surface area contributed by atoms with Crippen molar-refractivity contribution in [3.63, 3.8) is 0 Å². The van der Waals surface area contributed by atoms with Gasteiger partial charge in [-0.3, -0.25) is 9.36 Å². The van der Waals surface area contributed by atoms with E-state index in [1.165, 1.54) is 33.6 Å². The van der Waals surface area contributed by atoms with Crippen molar-refractivity contribution in [3.05, 3.63) is 80.5 Å². The molecule has 2 aromatic heterocycles. The molecule has 148 valence electrons. The van der Waals surface area contributed by atoms with E-state index in [1.54, 1.807) is 23.4 Å². The molecule has 0 radical (unpaired) electrons. The number of aromatic nitrogens is 2. The molecule has 0 saturated carbocycles. The summed E-state index contributed by atoms with van der Waals surface area (Å²) in [6, 6.07) is 13.8. The van der Waals surface area contributed by atoms with Crippen molar-refractivity contribution in [1.29, 1.82) is 0 Å². The summed E-state index contributed by atoms with van der Waals surface area (Å²) in [5.74, 6) is 1.52. The summed E-state index contributed by atoms with van der Waals surface area (Å²) >= 11 is 3.03. The molecule has 0 aliphatic rings. The second kappa shape index (κ2) is 8.05. The fourth-order valence-corrected chi connectivity index (χ4v) is 5.49. The first-order chi connectivity index (χ1) is 14.0. The molecule has 0 unspecified atom stereocenters. The highest BCUT2D eigenvalue weighted by Gasteiger charge is 2.15. The average Bonchev–Trinajstić information content (AvgIpc) is 3.16. The lowest BCUT2D eigenvalue weighted by Gasteiger charge is -2.14. The fourth-order valence-electron chi connectivity index (χ4n) is 3.52. The standard InChI is InChI=1S/C23H22N2O2S2/c1-14-11-15(2)19(16(3)12-14)13-29-23-24-20-9-10-28-21(20)22(26)25(23)17-5-7-18(27-4)8-6-17/h5-12H,13H2,1-4H3. The van der Waals surface area contributed by atoms with Crippen LogP contribution in [-0.4, -0.2) is 16.7 Å². The third kappa shape index (κ3) is 3.82. The predicted molar refractivity (Wildman–Crippen MR) is 122 cm³/mol. The number of methoxy groups -OCH3 is 1. The molecule has 0 aliphatic carbocycles. The van der Waals surface area contributed by atoms with Crippen molar-refractivity contribution in [1.82, 2.24) is 9.55 Å². The molecule has 0 atom stereocenters. The largest absolute Gasteiger partial charge is 0.497 e. The van der Waals surface area contributed by atoms with Crippen molar-refractivity contribution in [2.45, 2.75) is 31.7 Å². The highest BCUT2D eigenvalue weighted by molar-refractivity contribution is 7.98. The quantitative estimate of drug-likeness (QED) is 0.307. The molecule has 0 N–H and O–H groups in total. The van der Waals surface area contributed by atoms with Gasteiger partial charge in [0, 0.05) is 5.75 Å². The Kier molecular flexibility index (Phi) is 5.48. The zero-order valence-corrected chi connectivity index (χ0v) is 18.5. The Bertz CT molecular complexity index is 1220. The molecule has 4 rings (SSSR count). The number of rotatable bonds is 5. The number of benzene rings is 2. The number of hydrogen-bond donors (Lipinski definition) is 0. The first kappa shape index (κ1) is 19.7. The Hall–Kier alpha value is -2.57. The number of ether oxygens (including phenoxy) is 1. The summed E-state index contributed by atoms with van der Waals surface area (Å²) in [7, 11) is 1.63. The minimum absolute atomic E-state index is 0.0324. The number of hydrogen-bond acceptors (Lipinski definition) is 5. The Morgan fingerprint density at radius 3 is 2.41 bits per heavy atom. The van der Waals surface area contributed by atoms with Crippen LogP contribution >= 0.6 is 23.1 Å². The van der Waals surface area contributed by atoms with Crippen LogP contribution in [0, 0.1) is 20.8 Å². The second-order valence-corrected chi connectivity index (χ2v) is 8.89. The molecular weight excluding hydrogens is 400 g/mol. The summed E-state index contributed by atoms with van der Waals surface area (Å²) in [5.41, 5.74) is 6.61. The summed E-state index contributed by atoms with van der Waals surface area (Å²) in [5, 5.41) is 2.62. The molecule has 2 heterocycles. The van der Waals surface area contributed by atoms with E-state index in [0.29, 0.717) is 9.86 Å². The Morgan fingerprint density at radius 2 is 1.76 bits per heavy atom. The Balaban J connectivity index is 1.80. The van der Waals surface area contributed by atoms with Gasteiger partial charge in [0.2, 0.25) is 0 Å². The van der Waals surface area contributed by atoms with Crippen LogP contribution in [0.5, 0.6) is 5.75 Å². The van der Waals surface area contributed by atoms with Gasteiger partial charge in [0.15, 0.2) is 5.16 Å². The normalized spacial score (nSPS) is 11.2. The third-order valence-electron chi connectivity index (χ3n) is 4.97. The van der Waals surface area contributed by atoms with E-state index in [4.69, 9.17) is 9.72 Å². The highest BCUT2D eigenvalue weighted by Crippen LogP contribution is 2.29. The molecule has 0 fully saturated rings. The molecule has 0 amide bonds. The molecule has 2 aromatic carbocycles. The van der Waals surface area contributed by atoms with E-state index < -0.39 is 0 Å². The zero-order valence-electron chi connectivity index (χ0n) is 16.9. The van der Waals surface area contributed by atoms with Crippen LogP contribution in [-0.2, 0) is 5.75 Å². The van der Waals surface area contributed by atoms with Gasteiger partial charge in [-0.05, 0) is 73.2 Å². The number of fused-ring (bicyclic) bond motifs is 1. The van der Waals surface area contributed by atoms with Crippen molar-refractivity contribution in [2.24, 2.45) is 0 Å². The number of aryl methyl sites for hydroxylation is 3. The van der Waals surface area contributed by atoms with Gasteiger partial charge in [0.25, 0.3) is 5.56 Å². The van der Waals surface area contributed by atoms with Gasteiger partial charge in [-0.1, -0.05) is 29.5 Å². The fraction of sp³-hybridized carbons (Fsp3) is 0.217. The van der Waals surface area contributed by atoms with Crippen LogP contribution in [0.3, 0.4) is 0 Å². The zero-order chi connectivity index (χ0) is 20.5. The van der Waals surface area contributed by atoms with Gasteiger partial charge in [-0.2, -0.15) is 0 Å². The van der Waals surface area contributed by atoms with Crippen LogP contribution < -0.4 is 10.3 Å². The first-order valence-corrected chi connectivity index (χ1v) is 11.2. The van der Waals surface area contributed by atoms with Crippen LogP contribution in [0.1, 0.15) is 22.3 Å². The van der Waals surface area contributed by atoms with Crippen LogP contribution in [0.4, 0.5) is 0 Å². The Morgan fingerprint density at radius 1 is 1.07 bits per heavy atom. The van der Waals surface area contributed by atoms with Crippen molar-refractivity contribution < 1.29 is 4.74 Å². The van der Waals surface area contributed by atoms with Gasteiger partial charge in [0.05, 0.1) is 18.3 Å². The minimum Gasteiger partial charge on any atom is -0.497 e. The summed E-state index contributed by atoms with van der Waals surface area (Å²) in [6.07, 6.45) is 0. The average molecular weight is 423 g/mol. The van der Waals surface area contributed by atoms with Crippen LogP contribution in [0.2, 0.25) is 0 Å². The molecule has 4 nitrogen and oxygen atoms in total. The van der Waals surface area contributed by atoms with E-state index in [-0.39, 0.29) is 5.56 Å². The lowest BCUT2D eigenvalue weighted by Crippen LogP contribution is -2.20. The minimum atomic E-state index is -0.0324. The molecule has 0 saturated heterocycles. The second-order valence-electron chi connectivity index (χ2n) is 7.03. The predicted octanol–water partition coefficient (Wildman–Crippen LogP) is 5.67. The molecular formula is C23H22N2O2S2.